The molecule has 1 saturated carbocycles. The summed E-state index contributed by atoms with van der Waals surface area (Å²) in [6, 6.07) is 10.8. The summed E-state index contributed by atoms with van der Waals surface area (Å²) in [6.07, 6.45) is 7.64. The number of aliphatic hydroxyl groups excluding tert-OH is 1. The highest BCUT2D eigenvalue weighted by atomic mass is 16.3. The third kappa shape index (κ3) is 3.34. The van der Waals surface area contributed by atoms with Gasteiger partial charge in [0.15, 0.2) is 0 Å². The second-order valence-electron chi connectivity index (χ2n) is 5.09. The highest BCUT2D eigenvalue weighted by molar-refractivity contribution is 5.14. The molecule has 0 heterocycles. The summed E-state index contributed by atoms with van der Waals surface area (Å²) in [6.45, 7) is 0.394. The number of rotatable bonds is 4. The maximum absolute atomic E-state index is 9.09. The van der Waals surface area contributed by atoms with E-state index in [2.05, 4.69) is 30.3 Å². The van der Waals surface area contributed by atoms with Crippen molar-refractivity contribution in [2.24, 2.45) is 11.8 Å². The molecule has 0 radical (unpaired) electrons. The van der Waals surface area contributed by atoms with Gasteiger partial charge in [0, 0.05) is 6.61 Å². The molecular formula is C15H22O. The summed E-state index contributed by atoms with van der Waals surface area (Å²) < 4.78 is 0. The Morgan fingerprint density at radius 2 is 1.56 bits per heavy atom. The lowest BCUT2D eigenvalue weighted by atomic mass is 9.80. The van der Waals surface area contributed by atoms with Crippen LogP contribution in [0.2, 0.25) is 0 Å². The minimum Gasteiger partial charge on any atom is -0.396 e. The van der Waals surface area contributed by atoms with Crippen molar-refractivity contribution in [1.29, 1.82) is 0 Å². The molecule has 1 nitrogen and oxygen atoms in total. The van der Waals surface area contributed by atoms with E-state index in [0.29, 0.717) is 12.5 Å². The molecule has 0 aliphatic heterocycles. The first-order valence-corrected chi connectivity index (χ1v) is 6.53. The van der Waals surface area contributed by atoms with Crippen LogP contribution in [0.3, 0.4) is 0 Å². The molecule has 0 bridgehead atoms. The van der Waals surface area contributed by atoms with Crippen molar-refractivity contribution in [3.05, 3.63) is 35.9 Å². The van der Waals surface area contributed by atoms with E-state index in [9.17, 15) is 0 Å². The first kappa shape index (κ1) is 11.7. The van der Waals surface area contributed by atoms with E-state index in [1.807, 2.05) is 0 Å². The predicted octanol–water partition coefficient (Wildman–Crippen LogP) is 3.42. The fourth-order valence-corrected chi connectivity index (χ4v) is 2.72. The zero-order valence-electron chi connectivity index (χ0n) is 9.94. The van der Waals surface area contributed by atoms with Crippen LogP contribution in [0, 0.1) is 11.8 Å². The van der Waals surface area contributed by atoms with Crippen LogP contribution in [0.15, 0.2) is 30.3 Å². The molecule has 0 amide bonds. The average molecular weight is 218 g/mol. The van der Waals surface area contributed by atoms with Gasteiger partial charge in [-0.3, -0.25) is 0 Å². The van der Waals surface area contributed by atoms with Gasteiger partial charge in [-0.1, -0.05) is 43.2 Å². The van der Waals surface area contributed by atoms with Crippen LogP contribution in [0.4, 0.5) is 0 Å². The molecule has 0 spiro atoms. The second-order valence-corrected chi connectivity index (χ2v) is 5.09. The normalized spacial score (nSPS) is 25.6. The van der Waals surface area contributed by atoms with Gasteiger partial charge in [0.05, 0.1) is 0 Å². The third-order valence-corrected chi connectivity index (χ3v) is 3.91. The molecule has 0 unspecified atom stereocenters. The van der Waals surface area contributed by atoms with Crippen LogP contribution < -0.4 is 0 Å². The van der Waals surface area contributed by atoms with Gasteiger partial charge in [0.25, 0.3) is 0 Å². The third-order valence-electron chi connectivity index (χ3n) is 3.91. The molecule has 1 fully saturated rings. The van der Waals surface area contributed by atoms with Crippen LogP contribution in [0.5, 0.6) is 0 Å². The molecule has 0 atom stereocenters. The fourth-order valence-electron chi connectivity index (χ4n) is 2.72. The van der Waals surface area contributed by atoms with E-state index >= 15 is 0 Å². The van der Waals surface area contributed by atoms with Gasteiger partial charge in [-0.25, -0.2) is 0 Å². The van der Waals surface area contributed by atoms with Crippen molar-refractivity contribution in [1.82, 2.24) is 0 Å². The number of hydrogen-bond donors (Lipinski definition) is 1. The maximum Gasteiger partial charge on any atom is 0.0459 e. The molecule has 2 rings (SSSR count). The average Bonchev–Trinajstić information content (AvgIpc) is 2.38. The topological polar surface area (TPSA) is 20.2 Å². The number of aryl methyl sites for hydroxylation is 1. The Kier molecular flexibility index (Phi) is 4.41. The lowest BCUT2D eigenvalue weighted by Crippen LogP contribution is -2.17. The predicted molar refractivity (Wildman–Crippen MR) is 67.3 cm³/mol. The van der Waals surface area contributed by atoms with Crippen LogP contribution in [0.25, 0.3) is 0 Å². The Labute approximate surface area is 98.5 Å². The SMILES string of the molecule is OC[C@H]1CC[C@H](CCc2ccccc2)CC1. The van der Waals surface area contributed by atoms with Crippen LogP contribution in [-0.4, -0.2) is 11.7 Å². The largest absolute Gasteiger partial charge is 0.396 e. The van der Waals surface area contributed by atoms with Gasteiger partial charge in [-0.05, 0) is 43.1 Å². The van der Waals surface area contributed by atoms with Gasteiger partial charge in [-0.2, -0.15) is 0 Å². The Morgan fingerprint density at radius 1 is 0.938 bits per heavy atom. The molecule has 0 aromatic heterocycles. The van der Waals surface area contributed by atoms with Crippen molar-refractivity contribution < 1.29 is 5.11 Å². The molecule has 88 valence electrons. The minimum absolute atomic E-state index is 0.394. The molecule has 1 aromatic carbocycles. The first-order valence-electron chi connectivity index (χ1n) is 6.53. The Hall–Kier alpha value is -0.820. The van der Waals surface area contributed by atoms with Gasteiger partial charge in [0.1, 0.15) is 0 Å². The van der Waals surface area contributed by atoms with Crippen LogP contribution in [0.1, 0.15) is 37.7 Å². The van der Waals surface area contributed by atoms with E-state index in [0.717, 1.165) is 5.92 Å². The van der Waals surface area contributed by atoms with Gasteiger partial charge >= 0.3 is 0 Å². The fraction of sp³-hybridized carbons (Fsp3) is 0.600. The lowest BCUT2D eigenvalue weighted by Gasteiger charge is -2.27. The molecular weight excluding hydrogens is 196 g/mol. The summed E-state index contributed by atoms with van der Waals surface area (Å²) in [7, 11) is 0. The van der Waals surface area contributed by atoms with E-state index in [1.165, 1.54) is 44.1 Å². The highest BCUT2D eigenvalue weighted by Gasteiger charge is 2.19. The maximum atomic E-state index is 9.09. The van der Waals surface area contributed by atoms with E-state index in [1.54, 1.807) is 0 Å². The Bertz CT molecular complexity index is 286. The summed E-state index contributed by atoms with van der Waals surface area (Å²) in [4.78, 5) is 0. The summed E-state index contributed by atoms with van der Waals surface area (Å²) in [5, 5.41) is 9.09. The molecule has 1 N–H and O–H groups in total. The van der Waals surface area contributed by atoms with Crippen molar-refractivity contribution in [2.75, 3.05) is 6.61 Å². The lowest BCUT2D eigenvalue weighted by molar-refractivity contribution is 0.164. The summed E-state index contributed by atoms with van der Waals surface area (Å²) in [5.74, 6) is 1.48. The summed E-state index contributed by atoms with van der Waals surface area (Å²) >= 11 is 0. The minimum atomic E-state index is 0.394. The van der Waals surface area contributed by atoms with Crippen LogP contribution in [-0.2, 0) is 6.42 Å². The zero-order valence-corrected chi connectivity index (χ0v) is 9.94. The van der Waals surface area contributed by atoms with Gasteiger partial charge < -0.3 is 5.11 Å². The molecule has 1 aliphatic carbocycles. The van der Waals surface area contributed by atoms with Crippen molar-refractivity contribution in [3.8, 4) is 0 Å². The molecule has 1 aliphatic rings. The molecule has 0 saturated heterocycles. The van der Waals surface area contributed by atoms with Crippen LogP contribution >= 0.6 is 0 Å². The van der Waals surface area contributed by atoms with E-state index in [-0.39, 0.29) is 0 Å². The molecule has 1 heteroatoms. The van der Waals surface area contributed by atoms with E-state index in [4.69, 9.17) is 5.11 Å². The summed E-state index contributed by atoms with van der Waals surface area (Å²) in [5.41, 5.74) is 1.46. The quantitative estimate of drug-likeness (QED) is 0.821. The van der Waals surface area contributed by atoms with Crippen molar-refractivity contribution in [3.63, 3.8) is 0 Å². The van der Waals surface area contributed by atoms with E-state index < -0.39 is 0 Å². The second kappa shape index (κ2) is 6.05. The first-order chi connectivity index (χ1) is 7.88. The zero-order chi connectivity index (χ0) is 11.2. The Morgan fingerprint density at radius 3 is 2.19 bits per heavy atom. The molecule has 1 aromatic rings. The smallest absolute Gasteiger partial charge is 0.0459 e. The van der Waals surface area contributed by atoms with Crippen molar-refractivity contribution in [2.45, 2.75) is 38.5 Å². The Balaban J connectivity index is 1.72. The standard InChI is InChI=1S/C15H22O/c16-12-15-10-8-14(9-11-15)7-6-13-4-2-1-3-5-13/h1-5,14-16H,6-12H2/t14-,15-. The highest BCUT2D eigenvalue weighted by Crippen LogP contribution is 2.31. The number of aliphatic hydroxyl groups is 1. The monoisotopic (exact) mass is 218 g/mol. The number of hydrogen-bond acceptors (Lipinski definition) is 1. The van der Waals surface area contributed by atoms with Gasteiger partial charge in [-0.15, -0.1) is 0 Å². The van der Waals surface area contributed by atoms with Gasteiger partial charge in [0.2, 0.25) is 0 Å². The number of benzene rings is 1. The van der Waals surface area contributed by atoms with Crippen molar-refractivity contribution >= 4 is 0 Å². The molecule has 16 heavy (non-hydrogen) atoms.